The summed E-state index contributed by atoms with van der Waals surface area (Å²) in [6.07, 6.45) is 7.34. The number of nitrogens with one attached hydrogen (secondary N) is 1. The fraction of sp³-hybridized carbons (Fsp3) is 0.696. The number of alkyl halides is 1. The Kier molecular flexibility index (Phi) is 10.4. The van der Waals surface area contributed by atoms with Crippen molar-refractivity contribution in [3.05, 3.63) is 27.7 Å². The Morgan fingerprint density at radius 1 is 1.30 bits per heavy atom. The number of carbonyl (C=O) groups excluding carboxylic acids is 1. The zero-order chi connectivity index (χ0) is 22.1. The van der Waals surface area contributed by atoms with E-state index >= 15 is 0 Å². The van der Waals surface area contributed by atoms with Gasteiger partial charge in [-0.3, -0.25) is 4.90 Å². The maximum atomic E-state index is 12.6. The van der Waals surface area contributed by atoms with Crippen molar-refractivity contribution in [3.63, 3.8) is 0 Å². The first-order valence-electron chi connectivity index (χ1n) is 11.1. The molecular weight excluding hydrogens is 466 g/mol. The topological polar surface area (TPSA) is 67.6 Å². The van der Waals surface area contributed by atoms with Crippen molar-refractivity contribution in [2.24, 2.45) is 0 Å². The lowest BCUT2D eigenvalue weighted by molar-refractivity contribution is 0.0448. The maximum absolute atomic E-state index is 12.6. The first kappa shape index (κ1) is 25.4. The Hall–Kier alpha value is -0.820. The van der Waals surface area contributed by atoms with Crippen LogP contribution < -0.4 is 11.1 Å². The number of nitrogens with zero attached hydrogens (tertiary/aromatic N) is 1. The van der Waals surface area contributed by atoms with Crippen LogP contribution in [0.1, 0.15) is 75.2 Å². The predicted molar refractivity (Wildman–Crippen MR) is 129 cm³/mol. The molecule has 0 unspecified atom stereocenters. The number of ether oxygens (including phenoxy) is 1. The minimum Gasteiger partial charge on any atom is -0.461 e. The summed E-state index contributed by atoms with van der Waals surface area (Å²) in [6.45, 7) is 8.90. The second-order valence-electron chi connectivity index (χ2n) is 8.53. The highest BCUT2D eigenvalue weighted by atomic mass is 79.9. The third-order valence-electron chi connectivity index (χ3n) is 6.31. The monoisotopic (exact) mass is 501 g/mol. The minimum absolute atomic E-state index is 0.177. The van der Waals surface area contributed by atoms with Gasteiger partial charge in [0.2, 0.25) is 0 Å². The lowest BCUT2D eigenvalue weighted by Gasteiger charge is -2.38. The van der Waals surface area contributed by atoms with Gasteiger partial charge in [0.25, 0.3) is 0 Å². The molecule has 0 heterocycles. The molecule has 170 valence electrons. The van der Waals surface area contributed by atoms with Crippen molar-refractivity contribution in [2.45, 2.75) is 77.4 Å². The maximum Gasteiger partial charge on any atom is 0.338 e. The van der Waals surface area contributed by atoms with Crippen LogP contribution in [0.5, 0.6) is 0 Å². The second-order valence-corrected chi connectivity index (χ2v) is 9.77. The summed E-state index contributed by atoms with van der Waals surface area (Å²) in [5.41, 5.74) is 8.61. The molecule has 0 radical (unpaired) electrons. The van der Waals surface area contributed by atoms with E-state index in [1.54, 1.807) is 6.07 Å². The van der Waals surface area contributed by atoms with Crippen molar-refractivity contribution in [2.75, 3.05) is 31.3 Å². The number of halogens is 2. The molecule has 1 aromatic rings. The lowest BCUT2D eigenvalue weighted by Crippen LogP contribution is -2.45. The van der Waals surface area contributed by atoms with Gasteiger partial charge in [0.15, 0.2) is 0 Å². The van der Waals surface area contributed by atoms with Crippen LogP contribution in [-0.4, -0.2) is 48.0 Å². The number of nitrogen functional groups attached to an aromatic ring is 1. The van der Waals surface area contributed by atoms with Crippen LogP contribution in [0.15, 0.2) is 16.6 Å². The minimum atomic E-state index is -0.325. The molecule has 0 saturated heterocycles. The Balaban J connectivity index is 2.01. The van der Waals surface area contributed by atoms with Gasteiger partial charge in [0.05, 0.1) is 11.3 Å². The molecule has 1 fully saturated rings. The number of nitrogens with two attached hydrogens (primary N) is 1. The SMILES string of the molecule is CCC1(NCc2cc(C(=O)OCCN(CCCl)C(C)C)cc(Br)c2N)CCCCC1. The summed E-state index contributed by atoms with van der Waals surface area (Å²) in [6, 6.07) is 3.97. The molecule has 0 amide bonds. The molecule has 0 aromatic heterocycles. The van der Waals surface area contributed by atoms with Crippen molar-refractivity contribution < 1.29 is 9.53 Å². The highest BCUT2D eigenvalue weighted by Crippen LogP contribution is 2.32. The molecular formula is C23H37BrClN3O2. The van der Waals surface area contributed by atoms with E-state index in [2.05, 4.69) is 46.9 Å². The van der Waals surface area contributed by atoms with E-state index < -0.39 is 0 Å². The number of hydrogen-bond donors (Lipinski definition) is 2. The zero-order valence-electron chi connectivity index (χ0n) is 18.6. The van der Waals surface area contributed by atoms with Gasteiger partial charge in [0, 0.05) is 41.6 Å². The van der Waals surface area contributed by atoms with Crippen LogP contribution in [0.25, 0.3) is 0 Å². The van der Waals surface area contributed by atoms with Crippen LogP contribution in [0, 0.1) is 0 Å². The average molecular weight is 503 g/mol. The van der Waals surface area contributed by atoms with Crippen molar-refractivity contribution in [1.82, 2.24) is 10.2 Å². The Labute approximate surface area is 195 Å². The van der Waals surface area contributed by atoms with Gasteiger partial charge in [-0.05, 0) is 66.7 Å². The molecule has 7 heteroatoms. The molecule has 0 bridgehead atoms. The summed E-state index contributed by atoms with van der Waals surface area (Å²) >= 11 is 9.37. The van der Waals surface area contributed by atoms with Gasteiger partial charge in [-0.25, -0.2) is 4.79 Å². The lowest BCUT2D eigenvalue weighted by atomic mass is 9.79. The van der Waals surface area contributed by atoms with E-state index in [0.29, 0.717) is 42.9 Å². The molecule has 1 saturated carbocycles. The fourth-order valence-corrected chi connectivity index (χ4v) is 4.90. The molecule has 0 spiro atoms. The van der Waals surface area contributed by atoms with Crippen LogP contribution in [-0.2, 0) is 11.3 Å². The number of anilines is 1. The zero-order valence-corrected chi connectivity index (χ0v) is 20.9. The second kappa shape index (κ2) is 12.3. The van der Waals surface area contributed by atoms with Crippen molar-refractivity contribution in [1.29, 1.82) is 0 Å². The Morgan fingerprint density at radius 3 is 2.60 bits per heavy atom. The molecule has 0 aliphatic heterocycles. The van der Waals surface area contributed by atoms with E-state index in [1.807, 2.05) is 6.07 Å². The van der Waals surface area contributed by atoms with Crippen LogP contribution in [0.3, 0.4) is 0 Å². The molecule has 5 nitrogen and oxygen atoms in total. The fourth-order valence-electron chi connectivity index (χ4n) is 4.18. The number of hydrogen-bond acceptors (Lipinski definition) is 5. The molecule has 1 aromatic carbocycles. The highest BCUT2D eigenvalue weighted by Gasteiger charge is 2.29. The van der Waals surface area contributed by atoms with E-state index in [0.717, 1.165) is 23.0 Å². The summed E-state index contributed by atoms with van der Waals surface area (Å²) < 4.78 is 6.27. The van der Waals surface area contributed by atoms with Crippen molar-refractivity contribution in [3.8, 4) is 0 Å². The van der Waals surface area contributed by atoms with E-state index in [9.17, 15) is 4.79 Å². The summed E-state index contributed by atoms with van der Waals surface area (Å²) in [5.74, 6) is 0.238. The molecule has 3 N–H and O–H groups in total. The van der Waals surface area contributed by atoms with Crippen molar-refractivity contribution >= 4 is 39.2 Å². The first-order chi connectivity index (χ1) is 14.3. The standard InChI is InChI=1S/C23H37BrClN3O2/c1-4-23(8-6-5-7-9-23)27-16-19-14-18(15-20(24)21(19)26)22(29)30-13-12-28(11-10-25)17(2)3/h14-15,17,27H,4-13,16,26H2,1-3H3. The van der Waals surface area contributed by atoms with E-state index in [1.165, 1.54) is 32.1 Å². The number of carbonyl (C=O) groups is 1. The van der Waals surface area contributed by atoms with Gasteiger partial charge in [0.1, 0.15) is 6.61 Å². The van der Waals surface area contributed by atoms with Crippen LogP contribution >= 0.6 is 27.5 Å². The number of rotatable bonds is 11. The smallest absolute Gasteiger partial charge is 0.338 e. The van der Waals surface area contributed by atoms with Gasteiger partial charge in [-0.15, -0.1) is 11.6 Å². The van der Waals surface area contributed by atoms with Gasteiger partial charge in [-0.1, -0.05) is 26.2 Å². The molecule has 1 aliphatic carbocycles. The normalized spacial score (nSPS) is 16.2. The van der Waals surface area contributed by atoms with Gasteiger partial charge >= 0.3 is 5.97 Å². The third-order valence-corrected chi connectivity index (χ3v) is 7.13. The summed E-state index contributed by atoms with van der Waals surface area (Å²) in [5, 5.41) is 3.75. The largest absolute Gasteiger partial charge is 0.461 e. The third kappa shape index (κ3) is 7.11. The molecule has 0 atom stereocenters. The van der Waals surface area contributed by atoms with Gasteiger partial charge < -0.3 is 15.8 Å². The highest BCUT2D eigenvalue weighted by molar-refractivity contribution is 9.10. The quantitative estimate of drug-likeness (QED) is 0.243. The predicted octanol–water partition coefficient (Wildman–Crippen LogP) is 5.34. The van der Waals surface area contributed by atoms with Gasteiger partial charge in [-0.2, -0.15) is 0 Å². The van der Waals surface area contributed by atoms with Crippen LogP contribution in [0.4, 0.5) is 5.69 Å². The van der Waals surface area contributed by atoms with E-state index in [4.69, 9.17) is 22.1 Å². The summed E-state index contributed by atoms with van der Waals surface area (Å²) in [7, 11) is 0. The molecule has 30 heavy (non-hydrogen) atoms. The molecule has 1 aliphatic rings. The van der Waals surface area contributed by atoms with E-state index in [-0.39, 0.29) is 11.5 Å². The first-order valence-corrected chi connectivity index (χ1v) is 12.4. The Bertz CT molecular complexity index is 693. The number of benzene rings is 1. The average Bonchev–Trinajstić information content (AvgIpc) is 2.74. The Morgan fingerprint density at radius 2 is 2.00 bits per heavy atom. The molecule has 2 rings (SSSR count). The summed E-state index contributed by atoms with van der Waals surface area (Å²) in [4.78, 5) is 14.8. The number of esters is 1. The van der Waals surface area contributed by atoms with Crippen LogP contribution in [0.2, 0.25) is 0 Å².